The fourth-order valence-corrected chi connectivity index (χ4v) is 3.04. The smallest absolute Gasteiger partial charge is 0.0462 e. The highest BCUT2D eigenvalue weighted by Gasteiger charge is 2.09. The van der Waals surface area contributed by atoms with Crippen LogP contribution in [0.4, 0.5) is 0 Å². The molecular weight excluding hydrogens is 357 g/mol. The molecule has 0 aliphatic carbocycles. The molecule has 0 amide bonds. The summed E-state index contributed by atoms with van der Waals surface area (Å²) in [4.78, 5) is 2.30. The lowest BCUT2D eigenvalue weighted by atomic mass is 10.1. The maximum atomic E-state index is 6.29. The molecule has 0 aromatic heterocycles. The summed E-state index contributed by atoms with van der Waals surface area (Å²) in [6.07, 6.45) is 0. The Morgan fingerprint density at radius 1 is 1.00 bits per heavy atom. The maximum Gasteiger partial charge on any atom is 0.0462 e. The third kappa shape index (κ3) is 4.78. The quantitative estimate of drug-likeness (QED) is 0.618. The van der Waals surface area contributed by atoms with Gasteiger partial charge in [-0.2, -0.15) is 0 Å². The van der Waals surface area contributed by atoms with Crippen LogP contribution >= 0.6 is 39.1 Å². The van der Waals surface area contributed by atoms with Gasteiger partial charge in [-0.1, -0.05) is 63.9 Å². The second-order valence-corrected chi connectivity index (χ2v) is 6.32. The minimum Gasteiger partial charge on any atom is -0.294 e. The zero-order valence-corrected chi connectivity index (χ0v) is 14.1. The Balaban J connectivity index is 2.09. The molecule has 1 nitrogen and oxygen atoms in total. The molecule has 0 spiro atoms. The van der Waals surface area contributed by atoms with Crippen LogP contribution in [0, 0.1) is 0 Å². The van der Waals surface area contributed by atoms with Crippen molar-refractivity contribution in [2.75, 3.05) is 12.4 Å². The Labute approximate surface area is 138 Å². The molecule has 20 heavy (non-hydrogen) atoms. The molecule has 0 radical (unpaired) electrons. The van der Waals surface area contributed by atoms with E-state index in [0.29, 0.717) is 5.88 Å². The molecule has 0 bridgehead atoms. The number of alkyl halides is 1. The number of nitrogens with zero attached hydrogens (tertiary/aromatic N) is 1. The fourth-order valence-electron chi connectivity index (χ4n) is 2.07. The van der Waals surface area contributed by atoms with E-state index < -0.39 is 0 Å². The van der Waals surface area contributed by atoms with Gasteiger partial charge < -0.3 is 0 Å². The molecule has 0 unspecified atom stereocenters. The molecule has 0 fully saturated rings. The number of halogens is 3. The molecule has 0 aliphatic heterocycles. The van der Waals surface area contributed by atoms with E-state index in [1.165, 1.54) is 5.56 Å². The standard InChI is InChI=1S/C16H16BrCl2N/c17-15-7-6-14(16(19)10-15)12-20(9-8-18)11-13-4-2-1-3-5-13/h1-7,10H,8-9,11-12H2. The van der Waals surface area contributed by atoms with Crippen molar-refractivity contribution < 1.29 is 0 Å². The normalized spacial score (nSPS) is 11.0. The van der Waals surface area contributed by atoms with E-state index in [1.807, 2.05) is 18.2 Å². The third-order valence-corrected chi connectivity index (χ3v) is 4.07. The summed E-state index contributed by atoms with van der Waals surface area (Å²) in [5.41, 5.74) is 2.40. The van der Waals surface area contributed by atoms with Gasteiger partial charge in [-0.25, -0.2) is 0 Å². The first kappa shape index (κ1) is 15.8. The van der Waals surface area contributed by atoms with Crippen LogP contribution in [0.3, 0.4) is 0 Å². The van der Waals surface area contributed by atoms with Gasteiger partial charge >= 0.3 is 0 Å². The zero-order chi connectivity index (χ0) is 14.4. The highest BCUT2D eigenvalue weighted by atomic mass is 79.9. The lowest BCUT2D eigenvalue weighted by molar-refractivity contribution is 0.273. The van der Waals surface area contributed by atoms with Crippen molar-refractivity contribution in [2.45, 2.75) is 13.1 Å². The van der Waals surface area contributed by atoms with Crippen molar-refractivity contribution >= 4 is 39.1 Å². The monoisotopic (exact) mass is 371 g/mol. The lowest BCUT2D eigenvalue weighted by Crippen LogP contribution is -2.25. The van der Waals surface area contributed by atoms with Gasteiger partial charge in [0, 0.05) is 35.0 Å². The molecule has 106 valence electrons. The molecule has 0 N–H and O–H groups in total. The lowest BCUT2D eigenvalue weighted by Gasteiger charge is -2.22. The minimum atomic E-state index is 0.612. The number of hydrogen-bond donors (Lipinski definition) is 0. The highest BCUT2D eigenvalue weighted by molar-refractivity contribution is 9.10. The SMILES string of the molecule is ClCCN(Cc1ccccc1)Cc1ccc(Br)cc1Cl. The van der Waals surface area contributed by atoms with Gasteiger partial charge in [0.1, 0.15) is 0 Å². The third-order valence-electron chi connectivity index (χ3n) is 3.06. The summed E-state index contributed by atoms with van der Waals surface area (Å²) < 4.78 is 0.998. The van der Waals surface area contributed by atoms with E-state index in [9.17, 15) is 0 Å². The summed E-state index contributed by atoms with van der Waals surface area (Å²) in [5.74, 6) is 0.612. The van der Waals surface area contributed by atoms with Crippen molar-refractivity contribution in [1.82, 2.24) is 4.90 Å². The number of benzene rings is 2. The second kappa shape index (κ2) is 8.04. The summed E-state index contributed by atoms with van der Waals surface area (Å²) in [6, 6.07) is 16.4. The van der Waals surface area contributed by atoms with E-state index in [0.717, 1.165) is 34.7 Å². The van der Waals surface area contributed by atoms with Gasteiger partial charge in [-0.15, -0.1) is 11.6 Å². The summed E-state index contributed by atoms with van der Waals surface area (Å²) in [5, 5.41) is 0.784. The minimum absolute atomic E-state index is 0.612. The first-order chi connectivity index (χ1) is 9.69. The van der Waals surface area contributed by atoms with E-state index in [4.69, 9.17) is 23.2 Å². The van der Waals surface area contributed by atoms with Gasteiger partial charge in [-0.3, -0.25) is 4.90 Å². The maximum absolute atomic E-state index is 6.29. The van der Waals surface area contributed by atoms with Crippen LogP contribution in [-0.2, 0) is 13.1 Å². The van der Waals surface area contributed by atoms with Gasteiger partial charge in [0.15, 0.2) is 0 Å². The van der Waals surface area contributed by atoms with Crippen molar-refractivity contribution in [3.05, 3.63) is 69.2 Å². The first-order valence-corrected chi connectivity index (χ1v) is 8.16. The summed E-state index contributed by atoms with van der Waals surface area (Å²) in [7, 11) is 0. The molecule has 0 heterocycles. The van der Waals surface area contributed by atoms with Gasteiger partial charge in [0.2, 0.25) is 0 Å². The first-order valence-electron chi connectivity index (χ1n) is 6.45. The molecule has 4 heteroatoms. The average molecular weight is 373 g/mol. The van der Waals surface area contributed by atoms with Gasteiger partial charge in [-0.05, 0) is 23.3 Å². The van der Waals surface area contributed by atoms with E-state index in [1.54, 1.807) is 0 Å². The molecule has 0 saturated heterocycles. The van der Waals surface area contributed by atoms with E-state index in [2.05, 4.69) is 51.2 Å². The molecule has 2 aromatic carbocycles. The molecular formula is C16H16BrCl2N. The molecule has 2 aromatic rings. The van der Waals surface area contributed by atoms with Gasteiger partial charge in [0.25, 0.3) is 0 Å². The van der Waals surface area contributed by atoms with Crippen LogP contribution < -0.4 is 0 Å². The Kier molecular flexibility index (Phi) is 6.37. The second-order valence-electron chi connectivity index (χ2n) is 4.62. The molecule has 0 atom stereocenters. The fraction of sp³-hybridized carbons (Fsp3) is 0.250. The molecule has 0 saturated carbocycles. The van der Waals surface area contributed by atoms with E-state index >= 15 is 0 Å². The Morgan fingerprint density at radius 3 is 2.40 bits per heavy atom. The van der Waals surface area contributed by atoms with Crippen LogP contribution in [0.2, 0.25) is 5.02 Å². The highest BCUT2D eigenvalue weighted by Crippen LogP contribution is 2.23. The predicted molar refractivity (Wildman–Crippen MR) is 90.4 cm³/mol. The van der Waals surface area contributed by atoms with Crippen molar-refractivity contribution in [3.8, 4) is 0 Å². The van der Waals surface area contributed by atoms with Crippen molar-refractivity contribution in [1.29, 1.82) is 0 Å². The number of hydrogen-bond acceptors (Lipinski definition) is 1. The average Bonchev–Trinajstić information content (AvgIpc) is 2.43. The van der Waals surface area contributed by atoms with Crippen LogP contribution in [-0.4, -0.2) is 17.3 Å². The van der Waals surface area contributed by atoms with Crippen LogP contribution in [0.25, 0.3) is 0 Å². The molecule has 0 aliphatic rings. The summed E-state index contributed by atoms with van der Waals surface area (Å²) in [6.45, 7) is 2.51. The van der Waals surface area contributed by atoms with Crippen LogP contribution in [0.5, 0.6) is 0 Å². The summed E-state index contributed by atoms with van der Waals surface area (Å²) >= 11 is 15.6. The van der Waals surface area contributed by atoms with Crippen molar-refractivity contribution in [3.63, 3.8) is 0 Å². The predicted octanol–water partition coefficient (Wildman–Crippen LogP) is 5.34. The number of rotatable bonds is 6. The topological polar surface area (TPSA) is 3.24 Å². The zero-order valence-electron chi connectivity index (χ0n) is 11.0. The largest absolute Gasteiger partial charge is 0.294 e. The van der Waals surface area contributed by atoms with Gasteiger partial charge in [0.05, 0.1) is 0 Å². The molecule has 2 rings (SSSR count). The van der Waals surface area contributed by atoms with Crippen LogP contribution in [0.1, 0.15) is 11.1 Å². The van der Waals surface area contributed by atoms with Crippen LogP contribution in [0.15, 0.2) is 53.0 Å². The Hall–Kier alpha value is -0.540. The van der Waals surface area contributed by atoms with E-state index in [-0.39, 0.29) is 0 Å². The Bertz CT molecular complexity index is 545. The Morgan fingerprint density at radius 2 is 1.75 bits per heavy atom. The van der Waals surface area contributed by atoms with Crippen molar-refractivity contribution in [2.24, 2.45) is 0 Å².